The number of aliphatic hydroxyl groups is 1. The molecule has 13 atom stereocenters. The van der Waals surface area contributed by atoms with Crippen LogP contribution < -0.4 is 0 Å². The lowest BCUT2D eigenvalue weighted by Gasteiger charge is -2.63. The molecule has 1 unspecified atom stereocenters. The molecule has 0 radical (unpaired) electrons. The number of fused-ring (bicyclic) bond motifs is 10. The molecule has 7 fully saturated rings. The van der Waals surface area contributed by atoms with Crippen LogP contribution in [0.3, 0.4) is 0 Å². The zero-order valence-electron chi connectivity index (χ0n) is 23.5. The van der Waals surface area contributed by atoms with Crippen LogP contribution in [0, 0.1) is 52.3 Å². The molecule has 3 saturated heterocycles. The molecule has 0 aromatic rings. The van der Waals surface area contributed by atoms with Crippen LogP contribution in [-0.4, -0.2) is 47.4 Å². The van der Waals surface area contributed by atoms with Gasteiger partial charge in [0.1, 0.15) is 0 Å². The van der Waals surface area contributed by atoms with Crippen LogP contribution in [-0.2, 0) is 23.7 Å². The summed E-state index contributed by atoms with van der Waals surface area (Å²) < 4.78 is 26.9. The monoisotopic (exact) mass is 514 g/mol. The van der Waals surface area contributed by atoms with Crippen LogP contribution in [0.25, 0.3) is 0 Å². The number of Topliss-reactive ketones (excluding diaryl/α,β-unsaturated/α-hetero) is 1. The topological polar surface area (TPSA) is 74.2 Å². The second kappa shape index (κ2) is 7.83. The van der Waals surface area contributed by atoms with Crippen LogP contribution >= 0.6 is 0 Å². The Bertz CT molecular complexity index is 1010. The van der Waals surface area contributed by atoms with Gasteiger partial charge in [-0.3, -0.25) is 4.79 Å². The molecule has 0 amide bonds. The fourth-order valence-corrected chi connectivity index (χ4v) is 11.1. The first-order chi connectivity index (χ1) is 17.4. The van der Waals surface area contributed by atoms with Gasteiger partial charge < -0.3 is 24.1 Å². The highest BCUT2D eigenvalue weighted by Crippen LogP contribution is 2.72. The maximum atomic E-state index is 12.9. The fourth-order valence-electron chi connectivity index (χ4n) is 11.1. The largest absolute Gasteiger partial charge is 0.515 e. The molecule has 0 aromatic heterocycles. The third kappa shape index (κ3) is 3.22. The van der Waals surface area contributed by atoms with Crippen LogP contribution in [0.2, 0.25) is 0 Å². The van der Waals surface area contributed by atoms with E-state index in [0.717, 1.165) is 32.1 Å². The third-order valence-electron chi connectivity index (χ3n) is 12.7. The minimum atomic E-state index is -0.649. The summed E-state index contributed by atoms with van der Waals surface area (Å²) in [6.07, 6.45) is 7.87. The van der Waals surface area contributed by atoms with Crippen LogP contribution in [0.15, 0.2) is 11.8 Å². The van der Waals surface area contributed by atoms with Crippen molar-refractivity contribution < 1.29 is 28.8 Å². The minimum Gasteiger partial charge on any atom is -0.515 e. The van der Waals surface area contributed by atoms with Gasteiger partial charge in [0.2, 0.25) is 0 Å². The van der Waals surface area contributed by atoms with Gasteiger partial charge in [0.05, 0.1) is 31.2 Å². The van der Waals surface area contributed by atoms with E-state index in [9.17, 15) is 9.90 Å². The molecule has 4 aliphatic carbocycles. The summed E-state index contributed by atoms with van der Waals surface area (Å²) >= 11 is 0. The average molecular weight is 515 g/mol. The van der Waals surface area contributed by atoms with Crippen molar-refractivity contribution in [2.45, 2.75) is 116 Å². The van der Waals surface area contributed by atoms with E-state index in [1.807, 2.05) is 13.8 Å². The summed E-state index contributed by atoms with van der Waals surface area (Å²) in [6, 6.07) is 0. The second-order valence-electron chi connectivity index (χ2n) is 14.9. The molecule has 3 aliphatic heterocycles. The Morgan fingerprint density at radius 1 is 0.919 bits per heavy atom. The van der Waals surface area contributed by atoms with Crippen molar-refractivity contribution in [3.05, 3.63) is 11.8 Å². The summed E-state index contributed by atoms with van der Waals surface area (Å²) in [5.41, 5.74) is 0.673. The number of rotatable bonds is 0. The summed E-state index contributed by atoms with van der Waals surface area (Å²) in [7, 11) is 0. The molecule has 1 spiro atoms. The molecule has 0 bridgehead atoms. The first-order valence-corrected chi connectivity index (χ1v) is 15.0. The Labute approximate surface area is 221 Å². The normalized spacial score (nSPS) is 59.1. The lowest BCUT2D eigenvalue weighted by molar-refractivity contribution is -0.274. The lowest BCUT2D eigenvalue weighted by atomic mass is 9.43. The smallest absolute Gasteiger partial charge is 0.171 e. The average Bonchev–Trinajstić information content (AvgIpc) is 3.42. The number of ketones is 1. The van der Waals surface area contributed by atoms with E-state index >= 15 is 0 Å². The maximum absolute atomic E-state index is 12.9. The molecule has 3 heterocycles. The first-order valence-electron chi connectivity index (χ1n) is 15.0. The summed E-state index contributed by atoms with van der Waals surface area (Å²) in [5.74, 6) is 1.92. The quantitative estimate of drug-likeness (QED) is 0.326. The Hall–Kier alpha value is -0.950. The van der Waals surface area contributed by atoms with Crippen molar-refractivity contribution in [1.82, 2.24) is 0 Å². The van der Waals surface area contributed by atoms with Crippen molar-refractivity contribution in [2.75, 3.05) is 6.61 Å². The van der Waals surface area contributed by atoms with Crippen molar-refractivity contribution in [3.8, 4) is 0 Å². The highest BCUT2D eigenvalue weighted by Gasteiger charge is 2.73. The van der Waals surface area contributed by atoms with Crippen molar-refractivity contribution in [1.29, 1.82) is 0 Å². The third-order valence-corrected chi connectivity index (χ3v) is 12.7. The molecule has 7 rings (SSSR count). The first kappa shape index (κ1) is 25.0. The summed E-state index contributed by atoms with van der Waals surface area (Å²) in [6.45, 7) is 14.5. The van der Waals surface area contributed by atoms with Crippen LogP contribution in [0.5, 0.6) is 0 Å². The second-order valence-corrected chi connectivity index (χ2v) is 14.9. The fraction of sp³-hybridized carbons (Fsp3) is 0.903. The molecule has 6 heteroatoms. The molecule has 7 aliphatic rings. The number of allylic oxidation sites excluding steroid dienone is 1. The van der Waals surface area contributed by atoms with E-state index in [4.69, 9.17) is 18.9 Å². The highest BCUT2D eigenvalue weighted by molar-refractivity contribution is 5.96. The number of aliphatic hydroxyl groups excluding tert-OH is 1. The molecule has 37 heavy (non-hydrogen) atoms. The van der Waals surface area contributed by atoms with Crippen molar-refractivity contribution in [3.63, 3.8) is 0 Å². The number of hydrogen-bond donors (Lipinski definition) is 1. The van der Waals surface area contributed by atoms with Gasteiger partial charge in [-0.05, 0) is 86.4 Å². The SMILES string of the molecule is CC1CC[C@@]2(OC1)O[C@H]1C[C@H]3[C@@H]4[C@H]5OC(C)(C)O[C@@H]5[C@H]5CC(=O)C(=CO)C[C@]5(C)[C@H]4CC[C@]3(C)[C@H]1[C@@H]2C. The predicted molar refractivity (Wildman–Crippen MR) is 137 cm³/mol. The van der Waals surface area contributed by atoms with Gasteiger partial charge in [-0.1, -0.05) is 27.7 Å². The van der Waals surface area contributed by atoms with Gasteiger partial charge in [-0.15, -0.1) is 0 Å². The Morgan fingerprint density at radius 3 is 2.38 bits per heavy atom. The van der Waals surface area contributed by atoms with Gasteiger partial charge in [0.25, 0.3) is 0 Å². The Morgan fingerprint density at radius 2 is 1.68 bits per heavy atom. The molecule has 6 nitrogen and oxygen atoms in total. The Kier molecular flexibility index (Phi) is 5.30. The van der Waals surface area contributed by atoms with Crippen molar-refractivity contribution in [2.24, 2.45) is 52.3 Å². The van der Waals surface area contributed by atoms with E-state index in [2.05, 4.69) is 27.7 Å². The number of hydrogen-bond acceptors (Lipinski definition) is 6. The van der Waals surface area contributed by atoms with Gasteiger partial charge in [-0.2, -0.15) is 0 Å². The zero-order valence-corrected chi connectivity index (χ0v) is 23.5. The number of ether oxygens (including phenoxy) is 4. The molecule has 0 aromatic carbocycles. The Balaban J connectivity index is 1.26. The van der Waals surface area contributed by atoms with Gasteiger partial charge in [-0.25, -0.2) is 0 Å². The number of carbonyl (C=O) groups excluding carboxylic acids is 1. The number of carbonyl (C=O) groups is 1. The maximum Gasteiger partial charge on any atom is 0.171 e. The van der Waals surface area contributed by atoms with Crippen molar-refractivity contribution >= 4 is 5.78 Å². The predicted octanol–water partition coefficient (Wildman–Crippen LogP) is 5.79. The molecule has 206 valence electrons. The van der Waals surface area contributed by atoms with Gasteiger partial charge in [0, 0.05) is 30.3 Å². The molecular weight excluding hydrogens is 468 g/mol. The molecule has 1 N–H and O–H groups in total. The van der Waals surface area contributed by atoms with Gasteiger partial charge in [0.15, 0.2) is 17.4 Å². The van der Waals surface area contributed by atoms with E-state index < -0.39 is 11.6 Å². The van der Waals surface area contributed by atoms with E-state index in [1.54, 1.807) is 0 Å². The molecular formula is C31H46O6. The van der Waals surface area contributed by atoms with E-state index in [-0.39, 0.29) is 40.8 Å². The van der Waals surface area contributed by atoms with Gasteiger partial charge >= 0.3 is 0 Å². The zero-order chi connectivity index (χ0) is 26.1. The van der Waals surface area contributed by atoms with E-state index in [1.165, 1.54) is 12.8 Å². The summed E-state index contributed by atoms with van der Waals surface area (Å²) in [4.78, 5) is 12.9. The van der Waals surface area contributed by atoms with Crippen LogP contribution in [0.4, 0.5) is 0 Å². The van der Waals surface area contributed by atoms with Crippen LogP contribution in [0.1, 0.15) is 86.5 Å². The van der Waals surface area contributed by atoms with E-state index in [0.29, 0.717) is 53.9 Å². The minimum absolute atomic E-state index is 0.00466. The standard InChI is InChI=1S/C31H46O6/c1-16-7-10-31(34-15-16)17(2)25-23(35-31)12-20-24-19(8-9-29(20,25)5)30(6)13-18(14-32)22(33)11-21(30)26-27(24)37-28(3,4)36-26/h14,16-17,19-21,23-27,32H,7-13,15H2,1-6H3/t16?,17-,19-,20-,21+,23-,24+,25-,26+,27+,29-,30+,31+/m0/s1. The highest BCUT2D eigenvalue weighted by atomic mass is 16.8. The summed E-state index contributed by atoms with van der Waals surface area (Å²) in [5, 5.41) is 9.93. The lowest BCUT2D eigenvalue weighted by Crippen LogP contribution is -2.63. The molecule has 4 saturated carbocycles.